The summed E-state index contributed by atoms with van der Waals surface area (Å²) >= 11 is 0. The van der Waals surface area contributed by atoms with Gasteiger partial charge >= 0.3 is 5.97 Å². The Labute approximate surface area is 139 Å². The normalized spacial score (nSPS) is 10.8. The summed E-state index contributed by atoms with van der Waals surface area (Å²) < 4.78 is 24.6. The molecule has 2 aromatic rings. The van der Waals surface area contributed by atoms with Crippen LogP contribution in [0, 0.1) is 12.7 Å². The number of aryl methyl sites for hydroxylation is 1. The number of nitrogens with zero attached hydrogens (tertiary/aromatic N) is 3. The molecule has 130 valence electrons. The number of carbonyl (C=O) groups is 1. The van der Waals surface area contributed by atoms with E-state index < -0.39 is 17.3 Å². The van der Waals surface area contributed by atoms with Gasteiger partial charge in [0.2, 0.25) is 0 Å². The topological polar surface area (TPSA) is 86.5 Å². The van der Waals surface area contributed by atoms with Crippen LogP contribution in [-0.4, -0.2) is 45.9 Å². The Morgan fingerprint density at radius 1 is 1.29 bits per heavy atom. The van der Waals surface area contributed by atoms with Crippen LogP contribution in [0.15, 0.2) is 18.2 Å². The molecule has 0 spiro atoms. The number of benzene rings is 1. The first-order chi connectivity index (χ1) is 11.5. The minimum Gasteiger partial charge on any atom is -0.478 e. The molecule has 0 aliphatic rings. The van der Waals surface area contributed by atoms with Crippen LogP contribution in [0.1, 0.15) is 35.8 Å². The van der Waals surface area contributed by atoms with Crippen molar-refractivity contribution in [1.29, 1.82) is 0 Å². The van der Waals surface area contributed by atoms with E-state index in [4.69, 9.17) is 14.6 Å². The van der Waals surface area contributed by atoms with E-state index in [-0.39, 0.29) is 0 Å². The Morgan fingerprint density at radius 2 is 2.08 bits per heavy atom. The number of carboxylic acid groups (broad SMARTS) is 1. The minimum absolute atomic E-state index is 0.314. The highest BCUT2D eigenvalue weighted by molar-refractivity contribution is 5.88. The van der Waals surface area contributed by atoms with E-state index >= 15 is 0 Å². The number of aromatic carboxylic acids is 1. The molecule has 1 heterocycles. The molecule has 0 amide bonds. The number of hydrogen-bond donors (Lipinski definition) is 1. The average Bonchev–Trinajstić information content (AvgIpc) is 2.91. The highest BCUT2D eigenvalue weighted by Crippen LogP contribution is 2.17. The maximum atomic E-state index is 13.7. The smallest absolute Gasteiger partial charge is 0.338 e. The van der Waals surface area contributed by atoms with Gasteiger partial charge in [-0.1, -0.05) is 13.3 Å². The Balaban J connectivity index is 2.00. The fourth-order valence-corrected chi connectivity index (χ4v) is 1.96. The molecule has 2 rings (SSSR count). The number of unbranched alkanes of at least 4 members (excludes halogenated alkanes) is 1. The molecule has 0 fully saturated rings. The van der Waals surface area contributed by atoms with E-state index in [0.29, 0.717) is 37.1 Å². The molecule has 24 heavy (non-hydrogen) atoms. The molecule has 7 nitrogen and oxygen atoms in total. The third-order valence-electron chi connectivity index (χ3n) is 3.26. The highest BCUT2D eigenvalue weighted by Gasteiger charge is 2.14. The van der Waals surface area contributed by atoms with Crippen LogP contribution >= 0.6 is 0 Å². The zero-order valence-electron chi connectivity index (χ0n) is 13.7. The minimum atomic E-state index is -1.32. The van der Waals surface area contributed by atoms with E-state index in [2.05, 4.69) is 17.1 Å². The fourth-order valence-electron chi connectivity index (χ4n) is 1.96. The second kappa shape index (κ2) is 8.39. The third kappa shape index (κ3) is 4.51. The van der Waals surface area contributed by atoms with Crippen LogP contribution in [0.3, 0.4) is 0 Å². The maximum absolute atomic E-state index is 13.7. The van der Waals surface area contributed by atoms with Gasteiger partial charge in [-0.25, -0.2) is 9.18 Å². The zero-order chi connectivity index (χ0) is 17.5. The number of carboxylic acids is 1. The summed E-state index contributed by atoms with van der Waals surface area (Å²) in [4.78, 5) is 12.0. The second-order valence-electron chi connectivity index (χ2n) is 5.16. The van der Waals surface area contributed by atoms with E-state index in [1.807, 2.05) is 0 Å². The van der Waals surface area contributed by atoms with Crippen molar-refractivity contribution < 1.29 is 23.8 Å². The van der Waals surface area contributed by atoms with Crippen LogP contribution in [0.2, 0.25) is 0 Å². The highest BCUT2D eigenvalue weighted by atomic mass is 19.1. The molecule has 1 aromatic carbocycles. The van der Waals surface area contributed by atoms with E-state index in [0.717, 1.165) is 18.9 Å². The Bertz CT molecular complexity index is 703. The molecule has 0 atom stereocenters. The molecule has 0 saturated heterocycles. The fraction of sp³-hybridized carbons (Fsp3) is 0.438. The van der Waals surface area contributed by atoms with Gasteiger partial charge in [0.25, 0.3) is 5.88 Å². The SMILES string of the molecule is CCCCOCCOc1nn(-c2ccc(C(=O)O)c(F)c2)nc1C. The van der Waals surface area contributed by atoms with Gasteiger partial charge in [0.1, 0.15) is 18.1 Å². The summed E-state index contributed by atoms with van der Waals surface area (Å²) in [7, 11) is 0. The lowest BCUT2D eigenvalue weighted by molar-refractivity contribution is 0.0692. The molecule has 0 radical (unpaired) electrons. The van der Waals surface area contributed by atoms with Crippen molar-refractivity contribution in [2.75, 3.05) is 19.8 Å². The number of hydrogen-bond acceptors (Lipinski definition) is 5. The quantitative estimate of drug-likeness (QED) is 0.708. The molecular formula is C16H20FN3O4. The molecular weight excluding hydrogens is 317 g/mol. The first-order valence-corrected chi connectivity index (χ1v) is 7.70. The first kappa shape index (κ1) is 17.9. The molecule has 0 aliphatic carbocycles. The van der Waals surface area contributed by atoms with Crippen LogP contribution in [0.4, 0.5) is 4.39 Å². The van der Waals surface area contributed by atoms with Gasteiger partial charge in [-0.2, -0.15) is 0 Å². The summed E-state index contributed by atoms with van der Waals surface area (Å²) in [6.45, 7) is 5.30. The maximum Gasteiger partial charge on any atom is 0.338 e. The molecule has 0 bridgehead atoms. The monoisotopic (exact) mass is 337 g/mol. The lowest BCUT2D eigenvalue weighted by atomic mass is 10.2. The number of halogens is 1. The largest absolute Gasteiger partial charge is 0.478 e. The molecule has 1 aromatic heterocycles. The van der Waals surface area contributed by atoms with Gasteiger partial charge in [0, 0.05) is 12.7 Å². The standard InChI is InChI=1S/C16H20FN3O4/c1-3-4-7-23-8-9-24-15-11(2)18-20(19-15)12-5-6-13(16(21)22)14(17)10-12/h5-6,10H,3-4,7-9H2,1-2H3,(H,21,22). The molecule has 0 aliphatic heterocycles. The van der Waals surface area contributed by atoms with Crippen LogP contribution in [-0.2, 0) is 4.74 Å². The van der Waals surface area contributed by atoms with Gasteiger partial charge in [-0.05, 0) is 25.5 Å². The van der Waals surface area contributed by atoms with Crippen molar-refractivity contribution in [2.45, 2.75) is 26.7 Å². The molecule has 8 heteroatoms. The van der Waals surface area contributed by atoms with E-state index in [1.54, 1.807) is 6.92 Å². The van der Waals surface area contributed by atoms with E-state index in [1.165, 1.54) is 16.9 Å². The van der Waals surface area contributed by atoms with Gasteiger partial charge in [0.05, 0.1) is 17.9 Å². The Morgan fingerprint density at radius 3 is 2.75 bits per heavy atom. The summed E-state index contributed by atoms with van der Waals surface area (Å²) in [5, 5.41) is 17.1. The average molecular weight is 337 g/mol. The Kier molecular flexibility index (Phi) is 6.25. The summed E-state index contributed by atoms with van der Waals surface area (Å²) in [5.74, 6) is -1.84. The number of ether oxygens (including phenoxy) is 2. The van der Waals surface area contributed by atoms with Crippen molar-refractivity contribution in [1.82, 2.24) is 15.0 Å². The van der Waals surface area contributed by atoms with Gasteiger partial charge < -0.3 is 14.6 Å². The van der Waals surface area contributed by atoms with Gasteiger partial charge in [0.15, 0.2) is 0 Å². The summed E-state index contributed by atoms with van der Waals surface area (Å²) in [5.41, 5.74) is 0.462. The molecule has 0 saturated carbocycles. The van der Waals surface area contributed by atoms with E-state index in [9.17, 15) is 9.18 Å². The lowest BCUT2D eigenvalue weighted by Gasteiger charge is -2.04. The van der Waals surface area contributed by atoms with Crippen LogP contribution in [0.5, 0.6) is 5.88 Å². The number of aromatic nitrogens is 3. The summed E-state index contributed by atoms with van der Waals surface area (Å²) in [6.07, 6.45) is 2.08. The van der Waals surface area contributed by atoms with Crippen LogP contribution < -0.4 is 4.74 Å². The van der Waals surface area contributed by atoms with Gasteiger partial charge in [-0.15, -0.1) is 15.0 Å². The van der Waals surface area contributed by atoms with Crippen LogP contribution in [0.25, 0.3) is 5.69 Å². The van der Waals surface area contributed by atoms with Crippen molar-refractivity contribution in [3.8, 4) is 11.6 Å². The van der Waals surface area contributed by atoms with Crippen molar-refractivity contribution in [3.05, 3.63) is 35.3 Å². The zero-order valence-corrected chi connectivity index (χ0v) is 13.7. The second-order valence-corrected chi connectivity index (χ2v) is 5.16. The third-order valence-corrected chi connectivity index (χ3v) is 3.26. The van der Waals surface area contributed by atoms with Gasteiger partial charge in [-0.3, -0.25) is 0 Å². The van der Waals surface area contributed by atoms with Crippen molar-refractivity contribution in [2.24, 2.45) is 0 Å². The first-order valence-electron chi connectivity index (χ1n) is 7.70. The Hall–Kier alpha value is -2.48. The van der Waals surface area contributed by atoms with Crippen molar-refractivity contribution in [3.63, 3.8) is 0 Å². The predicted octanol–water partition coefficient (Wildman–Crippen LogP) is 2.61. The predicted molar refractivity (Wildman–Crippen MR) is 84.2 cm³/mol. The molecule has 0 unspecified atom stereocenters. The summed E-state index contributed by atoms with van der Waals surface area (Å²) in [6, 6.07) is 3.68. The lowest BCUT2D eigenvalue weighted by Crippen LogP contribution is -2.08. The molecule has 1 N–H and O–H groups in total. The van der Waals surface area contributed by atoms with Crippen molar-refractivity contribution >= 4 is 5.97 Å². The number of rotatable bonds is 9.